The molecule has 2 aromatic rings. The number of carbonyl (C=O) groups excluding carboxylic acids is 2. The third-order valence-electron chi connectivity index (χ3n) is 4.81. The Morgan fingerprint density at radius 2 is 2.15 bits per heavy atom. The first-order valence-corrected chi connectivity index (χ1v) is 10.00. The molecule has 0 aliphatic heterocycles. The highest BCUT2D eigenvalue weighted by Gasteiger charge is 2.29. The number of amides is 1. The highest BCUT2D eigenvalue weighted by atomic mass is 32.1. The molecule has 6 nitrogen and oxygen atoms in total. The van der Waals surface area contributed by atoms with Gasteiger partial charge in [0.15, 0.2) is 0 Å². The van der Waals surface area contributed by atoms with E-state index in [1.54, 1.807) is 26.0 Å². The van der Waals surface area contributed by atoms with Crippen LogP contribution < -0.4 is 10.9 Å². The third kappa shape index (κ3) is 4.13. The molecule has 0 aromatic carbocycles. The van der Waals surface area contributed by atoms with Crippen molar-refractivity contribution in [3.05, 3.63) is 50.3 Å². The molecule has 0 spiro atoms. The normalized spacial score (nSPS) is 15.9. The second kappa shape index (κ2) is 8.08. The van der Waals surface area contributed by atoms with Gasteiger partial charge in [0.1, 0.15) is 11.5 Å². The second-order valence-electron chi connectivity index (χ2n) is 6.92. The Morgan fingerprint density at radius 3 is 2.85 bits per heavy atom. The van der Waals surface area contributed by atoms with Crippen LogP contribution in [-0.2, 0) is 28.9 Å². The first-order chi connectivity index (χ1) is 12.9. The van der Waals surface area contributed by atoms with Crippen LogP contribution in [0.2, 0.25) is 0 Å². The Bertz CT molecular complexity index is 929. The van der Waals surface area contributed by atoms with Crippen LogP contribution in [0.4, 0.5) is 5.00 Å². The van der Waals surface area contributed by atoms with E-state index >= 15 is 0 Å². The highest BCUT2D eigenvalue weighted by molar-refractivity contribution is 7.17. The molecule has 144 valence electrons. The fraction of sp³-hybridized carbons (Fsp3) is 0.450. The third-order valence-corrected chi connectivity index (χ3v) is 5.98. The number of nitrogens with zero attached hydrogens (tertiary/aromatic N) is 1. The first kappa shape index (κ1) is 19.4. The van der Waals surface area contributed by atoms with Gasteiger partial charge < -0.3 is 14.6 Å². The van der Waals surface area contributed by atoms with E-state index in [1.165, 1.54) is 22.0 Å². The van der Waals surface area contributed by atoms with Gasteiger partial charge in [0.25, 0.3) is 5.56 Å². The summed E-state index contributed by atoms with van der Waals surface area (Å²) >= 11 is 1.45. The van der Waals surface area contributed by atoms with Crippen LogP contribution in [-0.4, -0.2) is 23.1 Å². The lowest BCUT2D eigenvalue weighted by Crippen LogP contribution is -2.28. The van der Waals surface area contributed by atoms with E-state index in [0.29, 0.717) is 22.2 Å². The smallest absolute Gasteiger partial charge is 0.341 e. The van der Waals surface area contributed by atoms with E-state index in [2.05, 4.69) is 12.2 Å². The summed E-state index contributed by atoms with van der Waals surface area (Å²) in [7, 11) is 0. The monoisotopic (exact) mass is 388 g/mol. The van der Waals surface area contributed by atoms with Gasteiger partial charge in [-0.3, -0.25) is 9.59 Å². The fourth-order valence-electron chi connectivity index (χ4n) is 3.39. The predicted octanol–water partition coefficient (Wildman–Crippen LogP) is 3.16. The molecule has 3 rings (SSSR count). The number of esters is 1. The van der Waals surface area contributed by atoms with E-state index < -0.39 is 5.97 Å². The van der Waals surface area contributed by atoms with Crippen LogP contribution in [0.1, 0.15) is 46.8 Å². The van der Waals surface area contributed by atoms with Gasteiger partial charge in [-0.15, -0.1) is 11.3 Å². The van der Waals surface area contributed by atoms with Gasteiger partial charge in [0.2, 0.25) is 5.91 Å². The molecule has 2 heterocycles. The van der Waals surface area contributed by atoms with E-state index in [1.807, 2.05) is 0 Å². The Hall–Kier alpha value is -2.41. The number of fused-ring (bicyclic) bond motifs is 1. The molecule has 1 aliphatic carbocycles. The number of rotatable bonds is 5. The minimum atomic E-state index is -0.395. The van der Waals surface area contributed by atoms with Gasteiger partial charge >= 0.3 is 5.97 Å². The first-order valence-electron chi connectivity index (χ1n) is 9.18. The number of carbonyl (C=O) groups is 2. The number of anilines is 1. The predicted molar refractivity (Wildman–Crippen MR) is 106 cm³/mol. The zero-order chi connectivity index (χ0) is 19.6. The van der Waals surface area contributed by atoms with Crippen LogP contribution in [0.3, 0.4) is 0 Å². The van der Waals surface area contributed by atoms with E-state index in [4.69, 9.17) is 4.74 Å². The van der Waals surface area contributed by atoms with Gasteiger partial charge in [0, 0.05) is 16.6 Å². The van der Waals surface area contributed by atoms with Gasteiger partial charge in [-0.1, -0.05) is 13.0 Å². The number of ether oxygens (including phenoxy) is 1. The number of hydrogen-bond acceptors (Lipinski definition) is 5. The average molecular weight is 388 g/mol. The number of thiophene rings is 1. The van der Waals surface area contributed by atoms with Crippen molar-refractivity contribution in [1.82, 2.24) is 4.57 Å². The molecule has 1 unspecified atom stereocenters. The standard InChI is InChI=1S/C20H24N2O4S/c1-4-26-20(25)18-14-9-8-12(2)10-15(14)27-19(18)21-16(23)11-22-13(3)6-5-7-17(22)24/h5-7,12H,4,8-11H2,1-3H3,(H,21,23). The largest absolute Gasteiger partial charge is 0.462 e. The fourth-order valence-corrected chi connectivity index (χ4v) is 4.81. The number of aromatic nitrogens is 1. The summed E-state index contributed by atoms with van der Waals surface area (Å²) in [6.07, 6.45) is 2.73. The molecule has 27 heavy (non-hydrogen) atoms. The van der Waals surface area contributed by atoms with Crippen molar-refractivity contribution in [3.8, 4) is 0 Å². The molecule has 1 atom stereocenters. The molecule has 0 saturated carbocycles. The van der Waals surface area contributed by atoms with E-state index in [-0.39, 0.29) is 24.6 Å². The van der Waals surface area contributed by atoms with E-state index in [0.717, 1.165) is 29.7 Å². The van der Waals surface area contributed by atoms with Gasteiger partial charge in [-0.25, -0.2) is 4.79 Å². The molecule has 0 fully saturated rings. The summed E-state index contributed by atoms with van der Waals surface area (Å²) in [5.41, 5.74) is 1.96. The molecule has 7 heteroatoms. The Kier molecular flexibility index (Phi) is 5.79. The molecule has 1 N–H and O–H groups in total. The number of pyridine rings is 1. The summed E-state index contributed by atoms with van der Waals surface area (Å²) < 4.78 is 6.63. The summed E-state index contributed by atoms with van der Waals surface area (Å²) in [6.45, 7) is 5.93. The quantitative estimate of drug-likeness (QED) is 0.798. The molecule has 0 saturated heterocycles. The molecular weight excluding hydrogens is 364 g/mol. The minimum absolute atomic E-state index is 0.0905. The number of aryl methyl sites for hydroxylation is 1. The van der Waals surface area contributed by atoms with Crippen LogP contribution >= 0.6 is 11.3 Å². The highest BCUT2D eigenvalue weighted by Crippen LogP contribution is 2.40. The maximum atomic E-state index is 12.6. The van der Waals surface area contributed by atoms with Crippen LogP contribution in [0.25, 0.3) is 0 Å². The van der Waals surface area contributed by atoms with Gasteiger partial charge in [-0.05, 0) is 50.7 Å². The lowest BCUT2D eigenvalue weighted by atomic mass is 9.88. The van der Waals surface area contributed by atoms with Crippen molar-refractivity contribution < 1.29 is 14.3 Å². The average Bonchev–Trinajstić information content (AvgIpc) is 2.95. The summed E-state index contributed by atoms with van der Waals surface area (Å²) in [6, 6.07) is 4.87. The zero-order valence-electron chi connectivity index (χ0n) is 15.8. The number of hydrogen-bond donors (Lipinski definition) is 1. The molecule has 2 aromatic heterocycles. The molecule has 0 bridgehead atoms. The van der Waals surface area contributed by atoms with Crippen molar-refractivity contribution >= 4 is 28.2 Å². The number of nitrogens with one attached hydrogen (secondary N) is 1. The Labute approximate surface area is 162 Å². The van der Waals surface area contributed by atoms with Crippen molar-refractivity contribution in [2.45, 2.75) is 46.6 Å². The zero-order valence-corrected chi connectivity index (χ0v) is 16.6. The molecule has 1 amide bonds. The topological polar surface area (TPSA) is 77.4 Å². The van der Waals surface area contributed by atoms with Crippen LogP contribution in [0.15, 0.2) is 23.0 Å². The van der Waals surface area contributed by atoms with Crippen LogP contribution in [0.5, 0.6) is 0 Å². The maximum Gasteiger partial charge on any atom is 0.341 e. The summed E-state index contributed by atoms with van der Waals surface area (Å²) in [5.74, 6) is -0.170. The molecule has 1 aliphatic rings. The van der Waals surface area contributed by atoms with Crippen molar-refractivity contribution in [3.63, 3.8) is 0 Å². The Morgan fingerprint density at radius 1 is 1.37 bits per heavy atom. The lowest BCUT2D eigenvalue weighted by Gasteiger charge is -2.18. The van der Waals surface area contributed by atoms with Gasteiger partial charge in [-0.2, -0.15) is 0 Å². The second-order valence-corrected chi connectivity index (χ2v) is 8.02. The SMILES string of the molecule is CCOC(=O)c1c(NC(=O)Cn2c(C)cccc2=O)sc2c1CCC(C)C2. The van der Waals surface area contributed by atoms with Gasteiger partial charge in [0.05, 0.1) is 12.2 Å². The van der Waals surface area contributed by atoms with E-state index in [9.17, 15) is 14.4 Å². The Balaban J connectivity index is 1.88. The molecular formula is C20H24N2O4S. The summed E-state index contributed by atoms with van der Waals surface area (Å²) in [4.78, 5) is 38.2. The summed E-state index contributed by atoms with van der Waals surface area (Å²) in [5, 5.41) is 3.37. The van der Waals surface area contributed by atoms with Crippen LogP contribution in [0, 0.1) is 12.8 Å². The minimum Gasteiger partial charge on any atom is -0.462 e. The van der Waals surface area contributed by atoms with Crippen molar-refractivity contribution in [2.24, 2.45) is 5.92 Å². The van der Waals surface area contributed by atoms with Crippen molar-refractivity contribution in [2.75, 3.05) is 11.9 Å². The lowest BCUT2D eigenvalue weighted by molar-refractivity contribution is -0.116. The maximum absolute atomic E-state index is 12.6. The molecule has 0 radical (unpaired) electrons. The van der Waals surface area contributed by atoms with Crippen molar-refractivity contribution in [1.29, 1.82) is 0 Å².